The zero-order valence-corrected chi connectivity index (χ0v) is 20.6. The molecule has 2 aliphatic carbocycles. The Hall–Kier alpha value is -2.70. The van der Waals surface area contributed by atoms with E-state index in [9.17, 15) is 9.59 Å². The van der Waals surface area contributed by atoms with E-state index in [1.807, 2.05) is 32.0 Å². The predicted molar refractivity (Wildman–Crippen MR) is 136 cm³/mol. The Morgan fingerprint density at radius 3 is 2.65 bits per heavy atom. The highest BCUT2D eigenvalue weighted by atomic mass is 16.1. The van der Waals surface area contributed by atoms with Gasteiger partial charge in [0, 0.05) is 73.2 Å². The van der Waals surface area contributed by atoms with Crippen LogP contribution in [0.1, 0.15) is 58.5 Å². The molecule has 0 bridgehead atoms. The molecule has 1 aliphatic heterocycles. The maximum absolute atomic E-state index is 12.8. The van der Waals surface area contributed by atoms with Gasteiger partial charge in [0.2, 0.25) is 0 Å². The highest BCUT2D eigenvalue weighted by Gasteiger charge is 2.37. The van der Waals surface area contributed by atoms with Gasteiger partial charge in [0.1, 0.15) is 0 Å². The number of carbonyl (C=O) groups excluding carboxylic acids is 2. The Morgan fingerprint density at radius 1 is 1.15 bits per heavy atom. The van der Waals surface area contributed by atoms with Crippen molar-refractivity contribution in [3.05, 3.63) is 58.7 Å². The van der Waals surface area contributed by atoms with Gasteiger partial charge in [-0.15, -0.1) is 0 Å². The number of hydrogen-bond donors (Lipinski definition) is 2. The summed E-state index contributed by atoms with van der Waals surface area (Å²) in [7, 11) is 0. The summed E-state index contributed by atoms with van der Waals surface area (Å²) in [5.74, 6) is 0.239. The average molecular weight is 461 g/mol. The molecule has 2 fully saturated rings. The number of ketones is 1. The predicted octanol–water partition coefficient (Wildman–Crippen LogP) is 3.70. The first-order chi connectivity index (χ1) is 16.3. The molecule has 34 heavy (non-hydrogen) atoms. The molecule has 5 rings (SSSR count). The summed E-state index contributed by atoms with van der Waals surface area (Å²) < 4.78 is 0. The zero-order valence-electron chi connectivity index (χ0n) is 20.6. The third-order valence-corrected chi connectivity index (χ3v) is 7.42. The Bertz CT molecular complexity index is 1100. The molecule has 2 aromatic rings. The van der Waals surface area contributed by atoms with Crippen LogP contribution in [0.5, 0.6) is 0 Å². The van der Waals surface area contributed by atoms with Gasteiger partial charge in [-0.3, -0.25) is 14.5 Å². The molecular weight excluding hydrogens is 424 g/mol. The molecule has 6 heteroatoms. The number of benzene rings is 2. The molecule has 1 amide bonds. The molecule has 1 heterocycles. The van der Waals surface area contributed by atoms with Crippen LogP contribution in [0.4, 0.5) is 11.4 Å². The fraction of sp³-hybridized carbons (Fsp3) is 0.500. The number of nitrogens with zero attached hydrogens (tertiary/aromatic N) is 2. The maximum Gasteiger partial charge on any atom is 0.251 e. The summed E-state index contributed by atoms with van der Waals surface area (Å²) in [5.41, 5.74) is 5.62. The number of Topliss-reactive ketones (excluding diaryl/α,β-unsaturated/α-hetero) is 1. The van der Waals surface area contributed by atoms with E-state index in [0.717, 1.165) is 86.6 Å². The highest BCUT2D eigenvalue weighted by Crippen LogP contribution is 2.39. The van der Waals surface area contributed by atoms with E-state index < -0.39 is 0 Å². The van der Waals surface area contributed by atoms with Crippen molar-refractivity contribution in [2.45, 2.75) is 46.1 Å². The summed E-state index contributed by atoms with van der Waals surface area (Å²) in [4.78, 5) is 30.4. The van der Waals surface area contributed by atoms with Crippen LogP contribution in [-0.2, 0) is 6.42 Å². The van der Waals surface area contributed by atoms with Crippen molar-refractivity contribution in [2.75, 3.05) is 44.2 Å². The van der Waals surface area contributed by atoms with Crippen molar-refractivity contribution in [1.29, 1.82) is 0 Å². The van der Waals surface area contributed by atoms with Crippen molar-refractivity contribution in [3.63, 3.8) is 0 Å². The quantitative estimate of drug-likeness (QED) is 0.660. The molecule has 0 spiro atoms. The van der Waals surface area contributed by atoms with Crippen molar-refractivity contribution in [3.8, 4) is 0 Å². The van der Waals surface area contributed by atoms with Gasteiger partial charge >= 0.3 is 0 Å². The summed E-state index contributed by atoms with van der Waals surface area (Å²) >= 11 is 0. The number of carbonyl (C=O) groups is 2. The minimum Gasteiger partial charge on any atom is -0.349 e. The smallest absolute Gasteiger partial charge is 0.251 e. The van der Waals surface area contributed by atoms with Crippen molar-refractivity contribution >= 4 is 23.1 Å². The van der Waals surface area contributed by atoms with E-state index in [2.05, 4.69) is 45.6 Å². The first-order valence-corrected chi connectivity index (χ1v) is 12.6. The van der Waals surface area contributed by atoms with Crippen LogP contribution in [0, 0.1) is 12.3 Å². The molecular formula is C28H36N4O2. The highest BCUT2D eigenvalue weighted by molar-refractivity contribution is 6.05. The molecule has 1 saturated heterocycles. The Morgan fingerprint density at radius 2 is 1.91 bits per heavy atom. The second-order valence-electron chi connectivity index (χ2n) is 10.7. The van der Waals surface area contributed by atoms with Crippen molar-refractivity contribution in [1.82, 2.24) is 15.5 Å². The molecule has 3 aliphatic rings. The SMILES string of the molecule is Cc1ccc(C(=O)NC2CC2)cc1N(CCN1CCNCC1)c1ccc2c(c1)CC(C)(C)C2=O. The van der Waals surface area contributed by atoms with Crippen LogP contribution in [0.2, 0.25) is 0 Å². The molecule has 0 aromatic heterocycles. The van der Waals surface area contributed by atoms with Crippen LogP contribution in [0.15, 0.2) is 36.4 Å². The van der Waals surface area contributed by atoms with Crippen LogP contribution in [0.3, 0.4) is 0 Å². The molecule has 0 unspecified atom stereocenters. The minimum absolute atomic E-state index is 0.00658. The van der Waals surface area contributed by atoms with Gasteiger partial charge in [-0.25, -0.2) is 0 Å². The van der Waals surface area contributed by atoms with Gasteiger partial charge in [-0.2, -0.15) is 0 Å². The van der Waals surface area contributed by atoms with Gasteiger partial charge < -0.3 is 15.5 Å². The number of rotatable bonds is 7. The Labute approximate surface area is 202 Å². The van der Waals surface area contributed by atoms with Gasteiger partial charge in [-0.1, -0.05) is 19.9 Å². The number of nitrogens with one attached hydrogen (secondary N) is 2. The maximum atomic E-state index is 12.8. The normalized spacial score (nSPS) is 19.7. The fourth-order valence-electron chi connectivity index (χ4n) is 5.14. The number of amides is 1. The van der Waals surface area contributed by atoms with Crippen molar-refractivity contribution < 1.29 is 9.59 Å². The lowest BCUT2D eigenvalue weighted by molar-refractivity contribution is 0.0863. The lowest BCUT2D eigenvalue weighted by Gasteiger charge is -2.32. The van der Waals surface area contributed by atoms with E-state index in [1.165, 1.54) is 0 Å². The first-order valence-electron chi connectivity index (χ1n) is 12.6. The summed E-state index contributed by atoms with van der Waals surface area (Å²) in [6.07, 6.45) is 2.92. The summed E-state index contributed by atoms with van der Waals surface area (Å²) in [6, 6.07) is 12.6. The van der Waals surface area contributed by atoms with Crippen LogP contribution in [0.25, 0.3) is 0 Å². The second kappa shape index (κ2) is 9.16. The number of fused-ring (bicyclic) bond motifs is 1. The number of hydrogen-bond acceptors (Lipinski definition) is 5. The molecule has 2 aromatic carbocycles. The molecule has 0 radical (unpaired) electrons. The van der Waals surface area contributed by atoms with E-state index in [1.54, 1.807) is 0 Å². The number of aryl methyl sites for hydroxylation is 1. The third kappa shape index (κ3) is 4.75. The lowest BCUT2D eigenvalue weighted by atomic mass is 9.89. The van der Waals surface area contributed by atoms with E-state index in [0.29, 0.717) is 11.6 Å². The monoisotopic (exact) mass is 460 g/mol. The number of piperazine rings is 1. The van der Waals surface area contributed by atoms with Crippen LogP contribution in [-0.4, -0.2) is 61.9 Å². The molecule has 2 N–H and O–H groups in total. The second-order valence-corrected chi connectivity index (χ2v) is 10.7. The largest absolute Gasteiger partial charge is 0.349 e. The minimum atomic E-state index is -0.344. The summed E-state index contributed by atoms with van der Waals surface area (Å²) in [6.45, 7) is 12.1. The number of anilines is 2. The Balaban J connectivity index is 1.48. The first kappa shape index (κ1) is 23.1. The lowest BCUT2D eigenvalue weighted by Crippen LogP contribution is -2.46. The average Bonchev–Trinajstić information content (AvgIpc) is 3.60. The topological polar surface area (TPSA) is 64.7 Å². The van der Waals surface area contributed by atoms with Gasteiger partial charge in [0.05, 0.1) is 0 Å². The van der Waals surface area contributed by atoms with Crippen LogP contribution >= 0.6 is 0 Å². The van der Waals surface area contributed by atoms with Crippen LogP contribution < -0.4 is 15.5 Å². The Kier molecular flexibility index (Phi) is 6.21. The molecule has 180 valence electrons. The standard InChI is InChI=1S/C28H36N4O2/c1-19-4-5-20(27(34)30-22-6-7-22)17-25(19)32(15-14-31-12-10-29-11-13-31)23-8-9-24-21(16-23)18-28(2,3)26(24)33/h4-5,8-9,16-17,22,29H,6-7,10-15,18H2,1-3H3,(H,30,34). The van der Waals surface area contributed by atoms with Crippen molar-refractivity contribution in [2.24, 2.45) is 5.41 Å². The van der Waals surface area contributed by atoms with Gasteiger partial charge in [0.25, 0.3) is 5.91 Å². The van der Waals surface area contributed by atoms with E-state index in [-0.39, 0.29) is 17.1 Å². The third-order valence-electron chi connectivity index (χ3n) is 7.42. The fourth-order valence-corrected chi connectivity index (χ4v) is 5.14. The van der Waals surface area contributed by atoms with Gasteiger partial charge in [0.15, 0.2) is 5.78 Å². The summed E-state index contributed by atoms with van der Waals surface area (Å²) in [5, 5.41) is 6.54. The zero-order chi connectivity index (χ0) is 23.9. The van der Waals surface area contributed by atoms with Gasteiger partial charge in [-0.05, 0) is 67.6 Å². The molecule has 6 nitrogen and oxygen atoms in total. The van der Waals surface area contributed by atoms with E-state index in [4.69, 9.17) is 0 Å². The molecule has 1 saturated carbocycles. The van der Waals surface area contributed by atoms with E-state index >= 15 is 0 Å². The molecule has 0 atom stereocenters.